The maximum atomic E-state index is 9.84. The quantitative estimate of drug-likeness (QED) is 0.228. The van der Waals surface area contributed by atoms with Crippen LogP contribution in [-0.4, -0.2) is 33.3 Å². The van der Waals surface area contributed by atoms with E-state index in [9.17, 15) is 5.11 Å². The van der Waals surface area contributed by atoms with Crippen molar-refractivity contribution in [2.24, 2.45) is 10.9 Å². The summed E-state index contributed by atoms with van der Waals surface area (Å²) in [6, 6.07) is -0.290. The van der Waals surface area contributed by atoms with Crippen molar-refractivity contribution in [1.29, 1.82) is 0 Å². The van der Waals surface area contributed by atoms with E-state index < -0.39 is 11.1 Å². The lowest BCUT2D eigenvalue weighted by molar-refractivity contribution is -0.00613. The summed E-state index contributed by atoms with van der Waals surface area (Å²) in [7, 11) is 0. The van der Waals surface area contributed by atoms with Crippen LogP contribution in [0.3, 0.4) is 0 Å². The predicted octanol–water partition coefficient (Wildman–Crippen LogP) is 0.260. The average Bonchev–Trinajstić information content (AvgIpc) is 2.00. The molecule has 0 bridgehead atoms. The molecule has 0 fully saturated rings. The van der Waals surface area contributed by atoms with Crippen LogP contribution in [0.1, 0.15) is 34.6 Å². The second-order valence-corrected chi connectivity index (χ2v) is 4.57. The highest BCUT2D eigenvalue weighted by Crippen LogP contribution is 2.20. The molecule has 0 aromatic carbocycles. The van der Waals surface area contributed by atoms with Crippen molar-refractivity contribution < 1.29 is 10.3 Å². The average molecular weight is 203 g/mol. The van der Waals surface area contributed by atoms with Crippen LogP contribution < -0.4 is 11.1 Å². The maximum absolute atomic E-state index is 9.84. The molecule has 0 aliphatic carbocycles. The molecule has 5 nitrogen and oxygen atoms in total. The minimum absolute atomic E-state index is 0.0994. The lowest BCUT2D eigenvalue weighted by Crippen LogP contribution is -2.60. The van der Waals surface area contributed by atoms with Crippen LogP contribution in [0, 0.1) is 0 Å². The Bertz CT molecular complexity index is 219. The number of aliphatic hydroxyl groups is 1. The van der Waals surface area contributed by atoms with E-state index in [4.69, 9.17) is 10.9 Å². The van der Waals surface area contributed by atoms with Gasteiger partial charge in [0, 0.05) is 5.54 Å². The van der Waals surface area contributed by atoms with Crippen LogP contribution in [0.25, 0.3) is 0 Å². The van der Waals surface area contributed by atoms with E-state index in [1.54, 1.807) is 20.8 Å². The maximum Gasteiger partial charge on any atom is 0.156 e. The van der Waals surface area contributed by atoms with Crippen molar-refractivity contribution in [3.8, 4) is 0 Å². The fourth-order valence-electron chi connectivity index (χ4n) is 0.878. The zero-order valence-corrected chi connectivity index (χ0v) is 9.50. The van der Waals surface area contributed by atoms with Gasteiger partial charge >= 0.3 is 0 Å². The third kappa shape index (κ3) is 3.16. The molecule has 0 aromatic rings. The Morgan fingerprint density at radius 1 is 1.36 bits per heavy atom. The van der Waals surface area contributed by atoms with Crippen LogP contribution in [0.5, 0.6) is 0 Å². The Labute approximate surface area is 85.0 Å². The number of hydrogen-bond donors (Lipinski definition) is 4. The number of amidine groups is 1. The van der Waals surface area contributed by atoms with E-state index in [1.165, 1.54) is 0 Å². The molecule has 0 aliphatic rings. The van der Waals surface area contributed by atoms with Gasteiger partial charge in [-0.15, -0.1) is 0 Å². The number of hydrogen-bond acceptors (Lipinski definition) is 4. The highest BCUT2D eigenvalue weighted by atomic mass is 16.4. The standard InChI is InChI=1S/C9H21N3O2/c1-6(7(10)12-14)11-8(2,3)9(4,5)13/h6,11,13-14H,1-5H3,(H2,10,12). The smallest absolute Gasteiger partial charge is 0.156 e. The summed E-state index contributed by atoms with van der Waals surface area (Å²) in [6.45, 7) is 8.89. The topological polar surface area (TPSA) is 90.9 Å². The second kappa shape index (κ2) is 4.14. The van der Waals surface area contributed by atoms with Gasteiger partial charge in [0.05, 0.1) is 11.6 Å². The molecular formula is C9H21N3O2. The number of nitrogens with one attached hydrogen (secondary N) is 1. The molecule has 0 spiro atoms. The monoisotopic (exact) mass is 203 g/mol. The molecule has 0 rings (SSSR count). The molecule has 0 amide bonds. The largest absolute Gasteiger partial charge is 0.409 e. The van der Waals surface area contributed by atoms with Crippen molar-refractivity contribution in [2.75, 3.05) is 0 Å². The fourth-order valence-corrected chi connectivity index (χ4v) is 0.878. The minimum Gasteiger partial charge on any atom is -0.409 e. The Balaban J connectivity index is 4.53. The lowest BCUT2D eigenvalue weighted by atomic mass is 9.85. The van der Waals surface area contributed by atoms with Gasteiger partial charge in [-0.2, -0.15) is 0 Å². The number of rotatable bonds is 4. The van der Waals surface area contributed by atoms with E-state index in [2.05, 4.69) is 10.5 Å². The molecule has 0 radical (unpaired) electrons. The molecule has 14 heavy (non-hydrogen) atoms. The van der Waals surface area contributed by atoms with E-state index >= 15 is 0 Å². The Morgan fingerprint density at radius 2 is 1.79 bits per heavy atom. The molecule has 0 heterocycles. The first-order valence-electron chi connectivity index (χ1n) is 4.59. The van der Waals surface area contributed by atoms with Crippen molar-refractivity contribution in [2.45, 2.75) is 51.8 Å². The van der Waals surface area contributed by atoms with Crippen LogP contribution in [0.2, 0.25) is 0 Å². The predicted molar refractivity (Wildman–Crippen MR) is 56.4 cm³/mol. The molecule has 5 heteroatoms. The molecule has 84 valence electrons. The van der Waals surface area contributed by atoms with Crippen molar-refractivity contribution in [3.05, 3.63) is 0 Å². The summed E-state index contributed by atoms with van der Waals surface area (Å²) in [4.78, 5) is 0. The fraction of sp³-hybridized carbons (Fsp3) is 0.889. The lowest BCUT2D eigenvalue weighted by Gasteiger charge is -2.40. The normalized spacial score (nSPS) is 16.9. The van der Waals surface area contributed by atoms with Crippen molar-refractivity contribution >= 4 is 5.84 Å². The van der Waals surface area contributed by atoms with Crippen LogP contribution in [-0.2, 0) is 0 Å². The van der Waals surface area contributed by atoms with E-state index in [0.717, 1.165) is 0 Å². The highest BCUT2D eigenvalue weighted by molar-refractivity contribution is 5.84. The summed E-state index contributed by atoms with van der Waals surface area (Å²) in [5.74, 6) is 0.0994. The van der Waals surface area contributed by atoms with Crippen LogP contribution >= 0.6 is 0 Å². The van der Waals surface area contributed by atoms with Gasteiger partial charge in [-0.3, -0.25) is 5.32 Å². The van der Waals surface area contributed by atoms with Gasteiger partial charge in [0.2, 0.25) is 0 Å². The third-order valence-corrected chi connectivity index (χ3v) is 2.67. The number of nitrogens with zero attached hydrogens (tertiary/aromatic N) is 1. The minimum atomic E-state index is -0.892. The van der Waals surface area contributed by atoms with Gasteiger partial charge in [0.25, 0.3) is 0 Å². The number of oxime groups is 1. The summed E-state index contributed by atoms with van der Waals surface area (Å²) >= 11 is 0. The van der Waals surface area contributed by atoms with E-state index in [0.29, 0.717) is 0 Å². The Morgan fingerprint density at radius 3 is 2.07 bits per heavy atom. The molecule has 1 atom stereocenters. The van der Waals surface area contributed by atoms with Crippen LogP contribution in [0.15, 0.2) is 5.16 Å². The van der Waals surface area contributed by atoms with Crippen LogP contribution in [0.4, 0.5) is 0 Å². The van der Waals surface area contributed by atoms with Gasteiger partial charge in [-0.25, -0.2) is 0 Å². The molecule has 0 saturated heterocycles. The summed E-state index contributed by atoms with van der Waals surface area (Å²) < 4.78 is 0. The van der Waals surface area contributed by atoms with Gasteiger partial charge in [0.15, 0.2) is 5.84 Å². The molecule has 1 unspecified atom stereocenters. The first-order valence-corrected chi connectivity index (χ1v) is 4.59. The van der Waals surface area contributed by atoms with E-state index in [-0.39, 0.29) is 11.9 Å². The summed E-state index contributed by atoms with van der Waals surface area (Å²) in [5, 5.41) is 24.3. The Kier molecular flexibility index (Phi) is 3.91. The van der Waals surface area contributed by atoms with Crippen molar-refractivity contribution in [1.82, 2.24) is 5.32 Å². The zero-order valence-electron chi connectivity index (χ0n) is 9.50. The van der Waals surface area contributed by atoms with Gasteiger partial charge < -0.3 is 16.0 Å². The summed E-state index contributed by atoms with van der Waals surface area (Å²) in [5.41, 5.74) is 4.00. The van der Waals surface area contributed by atoms with Gasteiger partial charge in [-0.05, 0) is 34.6 Å². The Hall–Kier alpha value is -0.810. The SMILES string of the molecule is CC(NC(C)(C)C(C)(C)O)C(N)=NO. The summed E-state index contributed by atoms with van der Waals surface area (Å²) in [6.07, 6.45) is 0. The van der Waals surface area contributed by atoms with E-state index in [1.807, 2.05) is 13.8 Å². The molecular weight excluding hydrogens is 182 g/mol. The molecule has 0 saturated carbocycles. The zero-order chi connectivity index (χ0) is 11.6. The van der Waals surface area contributed by atoms with Gasteiger partial charge in [-0.1, -0.05) is 5.16 Å². The third-order valence-electron chi connectivity index (χ3n) is 2.67. The second-order valence-electron chi connectivity index (χ2n) is 4.57. The first-order chi connectivity index (χ1) is 6.12. The molecule has 0 aliphatic heterocycles. The first kappa shape index (κ1) is 13.2. The highest BCUT2D eigenvalue weighted by Gasteiger charge is 2.36. The molecule has 0 aromatic heterocycles. The molecule has 5 N–H and O–H groups in total. The number of nitrogens with two attached hydrogens (primary N) is 1. The van der Waals surface area contributed by atoms with Gasteiger partial charge in [0.1, 0.15) is 0 Å². The van der Waals surface area contributed by atoms with Crippen molar-refractivity contribution in [3.63, 3.8) is 0 Å².